The van der Waals surface area contributed by atoms with Gasteiger partial charge >= 0.3 is 0 Å². The van der Waals surface area contributed by atoms with E-state index in [0.717, 1.165) is 5.56 Å². The number of aryl methyl sites for hydroxylation is 1. The number of methoxy groups -OCH3 is 1. The summed E-state index contributed by atoms with van der Waals surface area (Å²) in [5, 5.41) is 0. The Morgan fingerprint density at radius 3 is 2.86 bits per heavy atom. The molecule has 7 heteroatoms. The smallest absolute Gasteiger partial charge is 0.245 e. The molecular formula is C14H12ClFN4O. The van der Waals surface area contributed by atoms with Gasteiger partial charge in [0.2, 0.25) is 5.88 Å². The molecule has 0 aliphatic heterocycles. The van der Waals surface area contributed by atoms with Crippen LogP contribution in [-0.2, 0) is 5.88 Å². The zero-order chi connectivity index (χ0) is 15.0. The van der Waals surface area contributed by atoms with E-state index in [1.54, 1.807) is 16.7 Å². The molecule has 2 heterocycles. The molecule has 0 aliphatic carbocycles. The summed E-state index contributed by atoms with van der Waals surface area (Å²) in [4.78, 5) is 12.6. The number of nitrogens with zero attached hydrogens (tertiary/aromatic N) is 4. The standard InChI is InChI=1S/C14H12ClFN4O/c1-8-3-4-9(16)10(5-8)20-11(6-15)19-12-13(20)17-7-18-14(12)21-2/h3-5,7H,6H2,1-2H3. The molecule has 0 saturated heterocycles. The summed E-state index contributed by atoms with van der Waals surface area (Å²) < 4.78 is 21.0. The zero-order valence-electron chi connectivity index (χ0n) is 11.5. The number of rotatable bonds is 3. The molecule has 21 heavy (non-hydrogen) atoms. The minimum Gasteiger partial charge on any atom is -0.479 e. The zero-order valence-corrected chi connectivity index (χ0v) is 12.2. The fraction of sp³-hybridized carbons (Fsp3) is 0.214. The Labute approximate surface area is 125 Å². The lowest BCUT2D eigenvalue weighted by atomic mass is 10.2. The molecule has 0 unspecified atom stereocenters. The van der Waals surface area contributed by atoms with E-state index in [1.165, 1.54) is 19.5 Å². The number of imidazole rings is 1. The maximum Gasteiger partial charge on any atom is 0.245 e. The maximum absolute atomic E-state index is 14.2. The molecule has 0 fully saturated rings. The van der Waals surface area contributed by atoms with Crippen molar-refractivity contribution < 1.29 is 9.13 Å². The van der Waals surface area contributed by atoms with Crippen LogP contribution in [0.3, 0.4) is 0 Å². The third-order valence-corrected chi connectivity index (χ3v) is 3.37. The van der Waals surface area contributed by atoms with Crippen molar-refractivity contribution in [3.8, 4) is 11.6 Å². The van der Waals surface area contributed by atoms with Crippen LogP contribution in [0.5, 0.6) is 5.88 Å². The van der Waals surface area contributed by atoms with Crippen LogP contribution in [0, 0.1) is 12.7 Å². The molecule has 5 nitrogen and oxygen atoms in total. The number of benzene rings is 1. The van der Waals surface area contributed by atoms with Gasteiger partial charge in [-0.2, -0.15) is 4.98 Å². The first-order valence-electron chi connectivity index (χ1n) is 6.24. The molecule has 108 valence electrons. The lowest BCUT2D eigenvalue weighted by molar-refractivity contribution is 0.401. The van der Waals surface area contributed by atoms with E-state index in [4.69, 9.17) is 16.3 Å². The minimum absolute atomic E-state index is 0.118. The second kappa shape index (κ2) is 5.29. The SMILES string of the molecule is COc1ncnc2c1nc(CCl)n2-c1cc(C)ccc1F. The third-order valence-electron chi connectivity index (χ3n) is 3.14. The van der Waals surface area contributed by atoms with Gasteiger partial charge in [-0.25, -0.2) is 14.4 Å². The fourth-order valence-corrected chi connectivity index (χ4v) is 2.38. The second-order valence-corrected chi connectivity index (χ2v) is 4.77. The van der Waals surface area contributed by atoms with E-state index in [2.05, 4.69) is 15.0 Å². The van der Waals surface area contributed by atoms with Crippen molar-refractivity contribution in [2.75, 3.05) is 7.11 Å². The average molecular weight is 307 g/mol. The molecule has 2 aromatic heterocycles. The Bertz CT molecular complexity index is 818. The van der Waals surface area contributed by atoms with Gasteiger partial charge in [0, 0.05) is 0 Å². The van der Waals surface area contributed by atoms with Crippen molar-refractivity contribution >= 4 is 22.8 Å². The van der Waals surface area contributed by atoms with Gasteiger partial charge in [0.05, 0.1) is 18.7 Å². The highest BCUT2D eigenvalue weighted by atomic mass is 35.5. The van der Waals surface area contributed by atoms with Gasteiger partial charge in [-0.3, -0.25) is 4.57 Å². The molecule has 0 atom stereocenters. The summed E-state index contributed by atoms with van der Waals surface area (Å²) in [5.41, 5.74) is 2.20. The molecule has 0 amide bonds. The van der Waals surface area contributed by atoms with E-state index in [0.29, 0.717) is 28.6 Å². The molecule has 1 aromatic carbocycles. The first-order valence-corrected chi connectivity index (χ1v) is 6.78. The van der Waals surface area contributed by atoms with Gasteiger partial charge in [0.25, 0.3) is 0 Å². The Morgan fingerprint density at radius 1 is 1.33 bits per heavy atom. The van der Waals surface area contributed by atoms with Crippen LogP contribution >= 0.6 is 11.6 Å². The summed E-state index contributed by atoms with van der Waals surface area (Å²) in [6.07, 6.45) is 1.35. The van der Waals surface area contributed by atoms with Gasteiger partial charge in [-0.05, 0) is 24.6 Å². The summed E-state index contributed by atoms with van der Waals surface area (Å²) in [6.45, 7) is 1.89. The maximum atomic E-state index is 14.2. The van der Waals surface area contributed by atoms with Crippen LogP contribution in [0.4, 0.5) is 4.39 Å². The summed E-state index contributed by atoms with van der Waals surface area (Å²) in [7, 11) is 1.49. The normalized spacial score (nSPS) is 11.0. The monoisotopic (exact) mass is 306 g/mol. The Morgan fingerprint density at radius 2 is 2.14 bits per heavy atom. The Kier molecular flexibility index (Phi) is 3.47. The number of hydrogen-bond donors (Lipinski definition) is 0. The number of fused-ring (bicyclic) bond motifs is 1. The average Bonchev–Trinajstić information content (AvgIpc) is 2.88. The number of ether oxygens (including phenoxy) is 1. The van der Waals surface area contributed by atoms with E-state index < -0.39 is 0 Å². The molecule has 0 spiro atoms. The number of hydrogen-bond acceptors (Lipinski definition) is 4. The highest BCUT2D eigenvalue weighted by molar-refractivity contribution is 6.17. The molecular weight excluding hydrogens is 295 g/mol. The van der Waals surface area contributed by atoms with Crippen molar-refractivity contribution in [1.82, 2.24) is 19.5 Å². The van der Waals surface area contributed by atoms with E-state index in [1.807, 2.05) is 6.92 Å². The largest absolute Gasteiger partial charge is 0.479 e. The summed E-state index contributed by atoms with van der Waals surface area (Å²) >= 11 is 5.95. The van der Waals surface area contributed by atoms with Crippen molar-refractivity contribution in [2.24, 2.45) is 0 Å². The highest BCUT2D eigenvalue weighted by Gasteiger charge is 2.19. The predicted octanol–water partition coefficient (Wildman–Crippen LogP) is 3.01. The second-order valence-electron chi connectivity index (χ2n) is 4.51. The van der Waals surface area contributed by atoms with Crippen LogP contribution in [0.25, 0.3) is 16.9 Å². The molecule has 0 bridgehead atoms. The molecule has 0 aliphatic rings. The highest BCUT2D eigenvalue weighted by Crippen LogP contribution is 2.27. The van der Waals surface area contributed by atoms with Crippen molar-refractivity contribution in [3.63, 3.8) is 0 Å². The van der Waals surface area contributed by atoms with E-state index in [-0.39, 0.29) is 11.7 Å². The van der Waals surface area contributed by atoms with Gasteiger partial charge in [0.15, 0.2) is 11.2 Å². The van der Waals surface area contributed by atoms with Crippen LogP contribution in [0.15, 0.2) is 24.5 Å². The summed E-state index contributed by atoms with van der Waals surface area (Å²) in [5.74, 6) is 0.560. The molecule has 0 radical (unpaired) electrons. The lowest BCUT2D eigenvalue weighted by Crippen LogP contribution is -2.03. The topological polar surface area (TPSA) is 52.8 Å². The van der Waals surface area contributed by atoms with Crippen LogP contribution in [-0.4, -0.2) is 26.6 Å². The van der Waals surface area contributed by atoms with Crippen molar-refractivity contribution in [2.45, 2.75) is 12.8 Å². The minimum atomic E-state index is -0.371. The van der Waals surface area contributed by atoms with Gasteiger partial charge < -0.3 is 4.74 Å². The fourth-order valence-electron chi connectivity index (χ4n) is 2.20. The van der Waals surface area contributed by atoms with Crippen molar-refractivity contribution in [1.29, 1.82) is 0 Å². The first-order chi connectivity index (χ1) is 10.2. The number of alkyl halides is 1. The first kappa shape index (κ1) is 13.8. The van der Waals surface area contributed by atoms with Crippen LogP contribution in [0.1, 0.15) is 11.4 Å². The van der Waals surface area contributed by atoms with Crippen LogP contribution in [0.2, 0.25) is 0 Å². The number of aromatic nitrogens is 4. The Hall–Kier alpha value is -2.21. The quantitative estimate of drug-likeness (QED) is 0.698. The molecule has 3 aromatic rings. The molecule has 3 rings (SSSR count). The van der Waals surface area contributed by atoms with E-state index in [9.17, 15) is 4.39 Å². The predicted molar refractivity (Wildman–Crippen MR) is 77.5 cm³/mol. The Balaban J connectivity index is 2.38. The third kappa shape index (κ3) is 2.21. The van der Waals surface area contributed by atoms with E-state index >= 15 is 0 Å². The van der Waals surface area contributed by atoms with Crippen molar-refractivity contribution in [3.05, 3.63) is 41.7 Å². The summed E-state index contributed by atoms with van der Waals surface area (Å²) in [6, 6.07) is 4.84. The van der Waals surface area contributed by atoms with Crippen LogP contribution < -0.4 is 4.74 Å². The lowest BCUT2D eigenvalue weighted by Gasteiger charge is -2.09. The van der Waals surface area contributed by atoms with Gasteiger partial charge in [0.1, 0.15) is 18.0 Å². The molecule has 0 N–H and O–H groups in total. The number of halogens is 2. The van der Waals surface area contributed by atoms with Gasteiger partial charge in [-0.1, -0.05) is 6.07 Å². The molecule has 0 saturated carbocycles. The van der Waals surface area contributed by atoms with Gasteiger partial charge in [-0.15, -0.1) is 11.6 Å².